The summed E-state index contributed by atoms with van der Waals surface area (Å²) in [7, 11) is 1.61. The minimum atomic E-state index is -0.431. The largest absolute Gasteiger partial charge is 0.497 e. The summed E-state index contributed by atoms with van der Waals surface area (Å²) in [6.45, 7) is 3.73. The van der Waals surface area contributed by atoms with Gasteiger partial charge in [0, 0.05) is 25.1 Å². The third-order valence-corrected chi connectivity index (χ3v) is 5.87. The number of hydrogen-bond donors (Lipinski definition) is 1. The first-order chi connectivity index (χ1) is 15.6. The molecule has 2 aromatic carbocycles. The lowest BCUT2D eigenvalue weighted by molar-refractivity contribution is 0.0929. The summed E-state index contributed by atoms with van der Waals surface area (Å²) >= 11 is 0. The van der Waals surface area contributed by atoms with Crippen molar-refractivity contribution < 1.29 is 13.9 Å². The Bertz CT molecular complexity index is 1030. The van der Waals surface area contributed by atoms with E-state index in [-0.39, 0.29) is 5.91 Å². The molecule has 7 heteroatoms. The number of ether oxygens (including phenoxy) is 1. The molecule has 1 aromatic heterocycles. The van der Waals surface area contributed by atoms with Crippen LogP contribution in [0.2, 0.25) is 0 Å². The van der Waals surface area contributed by atoms with Crippen LogP contribution in [-0.2, 0) is 6.42 Å². The number of rotatable bonds is 7. The predicted octanol–water partition coefficient (Wildman–Crippen LogP) is 4.48. The predicted molar refractivity (Wildman–Crippen MR) is 123 cm³/mol. The molecule has 1 fully saturated rings. The average Bonchev–Trinajstić information content (AvgIpc) is 3.14. The van der Waals surface area contributed by atoms with Crippen LogP contribution in [0.3, 0.4) is 0 Å². The third kappa shape index (κ3) is 5.28. The van der Waals surface area contributed by atoms with Crippen LogP contribution in [0.15, 0.2) is 52.9 Å². The molecule has 0 radical (unpaired) electrons. The van der Waals surface area contributed by atoms with Crippen molar-refractivity contribution in [2.24, 2.45) is 0 Å². The zero-order chi connectivity index (χ0) is 22.3. The van der Waals surface area contributed by atoms with E-state index in [1.807, 2.05) is 43.3 Å². The Balaban J connectivity index is 1.57. The highest BCUT2D eigenvalue weighted by Crippen LogP contribution is 2.24. The van der Waals surface area contributed by atoms with E-state index < -0.39 is 6.04 Å². The van der Waals surface area contributed by atoms with Gasteiger partial charge >= 0.3 is 6.01 Å². The third-order valence-electron chi connectivity index (χ3n) is 5.87. The van der Waals surface area contributed by atoms with Gasteiger partial charge in [0.15, 0.2) is 0 Å². The molecule has 7 nitrogen and oxygen atoms in total. The Morgan fingerprint density at radius 1 is 1.09 bits per heavy atom. The number of hydrogen-bond acceptors (Lipinski definition) is 6. The summed E-state index contributed by atoms with van der Waals surface area (Å²) < 4.78 is 11.3. The van der Waals surface area contributed by atoms with E-state index in [2.05, 4.69) is 20.4 Å². The van der Waals surface area contributed by atoms with Gasteiger partial charge in [0.2, 0.25) is 5.89 Å². The van der Waals surface area contributed by atoms with Crippen molar-refractivity contribution in [2.75, 3.05) is 25.1 Å². The first-order valence-electron chi connectivity index (χ1n) is 11.2. The van der Waals surface area contributed by atoms with Gasteiger partial charge in [-0.3, -0.25) is 4.79 Å². The van der Waals surface area contributed by atoms with Crippen LogP contribution in [0, 0.1) is 6.92 Å². The molecule has 0 saturated carbocycles. The Hall–Kier alpha value is -3.35. The monoisotopic (exact) mass is 434 g/mol. The lowest BCUT2D eigenvalue weighted by Crippen LogP contribution is -2.30. The van der Waals surface area contributed by atoms with Crippen molar-refractivity contribution >= 4 is 11.9 Å². The fraction of sp³-hybridized carbons (Fsp3) is 0.400. The second-order valence-corrected chi connectivity index (χ2v) is 8.22. The van der Waals surface area contributed by atoms with Crippen LogP contribution in [0.25, 0.3) is 0 Å². The van der Waals surface area contributed by atoms with E-state index in [4.69, 9.17) is 9.15 Å². The topological polar surface area (TPSA) is 80.5 Å². The number of anilines is 1. The van der Waals surface area contributed by atoms with Gasteiger partial charge in [0.25, 0.3) is 5.91 Å². The first kappa shape index (κ1) is 21.9. The van der Waals surface area contributed by atoms with Gasteiger partial charge in [-0.05, 0) is 49.1 Å². The smallest absolute Gasteiger partial charge is 0.318 e. The Morgan fingerprint density at radius 3 is 2.53 bits per heavy atom. The number of nitrogens with one attached hydrogen (secondary N) is 1. The molecular formula is C25H30N4O3. The SMILES string of the molecule is COc1ccc(C(=O)NC(Cc2ccccc2)c2nnc(N3CCCCCC3)o2)c(C)c1. The normalized spacial score (nSPS) is 15.1. The molecule has 1 unspecified atom stereocenters. The molecule has 1 atom stereocenters. The molecule has 1 amide bonds. The first-order valence-corrected chi connectivity index (χ1v) is 11.2. The van der Waals surface area contributed by atoms with Gasteiger partial charge < -0.3 is 19.4 Å². The molecule has 1 aliphatic rings. The summed E-state index contributed by atoms with van der Waals surface area (Å²) in [4.78, 5) is 15.3. The van der Waals surface area contributed by atoms with Crippen molar-refractivity contribution in [3.05, 3.63) is 71.1 Å². The highest BCUT2D eigenvalue weighted by atomic mass is 16.5. The summed E-state index contributed by atoms with van der Waals surface area (Å²) in [5.41, 5.74) is 2.52. The molecule has 4 rings (SSSR count). The molecule has 3 aromatic rings. The maximum Gasteiger partial charge on any atom is 0.318 e. The standard InChI is InChI=1S/C25H30N4O3/c1-18-16-20(31-2)12-13-21(18)23(30)26-22(17-19-10-6-5-7-11-19)24-27-28-25(32-24)29-14-8-3-4-9-15-29/h5-7,10-13,16,22H,3-4,8-9,14-15,17H2,1-2H3,(H,26,30). The van der Waals surface area contributed by atoms with E-state index in [0.717, 1.165) is 42.8 Å². The molecule has 0 bridgehead atoms. The van der Waals surface area contributed by atoms with Crippen LogP contribution in [-0.4, -0.2) is 36.3 Å². The second kappa shape index (κ2) is 10.3. The van der Waals surface area contributed by atoms with Crippen molar-refractivity contribution in [1.82, 2.24) is 15.5 Å². The van der Waals surface area contributed by atoms with Crippen LogP contribution < -0.4 is 15.0 Å². The highest BCUT2D eigenvalue weighted by Gasteiger charge is 2.25. The molecule has 1 aliphatic heterocycles. The molecule has 1 saturated heterocycles. The van der Waals surface area contributed by atoms with Crippen LogP contribution >= 0.6 is 0 Å². The van der Waals surface area contributed by atoms with Crippen molar-refractivity contribution in [3.63, 3.8) is 0 Å². The molecular weight excluding hydrogens is 404 g/mol. The number of methoxy groups -OCH3 is 1. The van der Waals surface area contributed by atoms with E-state index >= 15 is 0 Å². The Morgan fingerprint density at radius 2 is 1.84 bits per heavy atom. The minimum Gasteiger partial charge on any atom is -0.497 e. The van der Waals surface area contributed by atoms with Crippen molar-refractivity contribution in [1.29, 1.82) is 0 Å². The molecule has 2 heterocycles. The quantitative estimate of drug-likeness (QED) is 0.591. The van der Waals surface area contributed by atoms with Crippen LogP contribution in [0.5, 0.6) is 5.75 Å². The van der Waals surface area contributed by atoms with Crippen molar-refractivity contribution in [2.45, 2.75) is 45.1 Å². The minimum absolute atomic E-state index is 0.180. The molecule has 0 spiro atoms. The fourth-order valence-electron chi connectivity index (χ4n) is 4.06. The fourth-order valence-corrected chi connectivity index (χ4v) is 4.06. The number of carbonyl (C=O) groups excluding carboxylic acids is 1. The van der Waals surface area contributed by atoms with E-state index in [1.54, 1.807) is 19.2 Å². The zero-order valence-corrected chi connectivity index (χ0v) is 18.7. The van der Waals surface area contributed by atoms with Gasteiger partial charge in [0.1, 0.15) is 11.8 Å². The Labute approximate surface area is 188 Å². The summed E-state index contributed by atoms with van der Waals surface area (Å²) in [5, 5.41) is 11.7. The summed E-state index contributed by atoms with van der Waals surface area (Å²) in [6.07, 6.45) is 5.26. The number of aryl methyl sites for hydroxylation is 1. The number of aromatic nitrogens is 2. The average molecular weight is 435 g/mol. The van der Waals surface area contributed by atoms with Crippen LogP contribution in [0.1, 0.15) is 59.1 Å². The molecule has 1 N–H and O–H groups in total. The zero-order valence-electron chi connectivity index (χ0n) is 18.7. The van der Waals surface area contributed by atoms with E-state index in [0.29, 0.717) is 23.9 Å². The number of benzene rings is 2. The second-order valence-electron chi connectivity index (χ2n) is 8.22. The number of nitrogens with zero attached hydrogens (tertiary/aromatic N) is 3. The van der Waals surface area contributed by atoms with Gasteiger partial charge in [-0.15, -0.1) is 5.10 Å². The Kier molecular flexibility index (Phi) is 7.04. The molecule has 0 aliphatic carbocycles. The molecule has 32 heavy (non-hydrogen) atoms. The van der Waals surface area contributed by atoms with E-state index in [9.17, 15) is 4.79 Å². The lowest BCUT2D eigenvalue weighted by Gasteiger charge is -2.18. The highest BCUT2D eigenvalue weighted by molar-refractivity contribution is 5.96. The maximum atomic E-state index is 13.1. The number of carbonyl (C=O) groups is 1. The number of amides is 1. The maximum absolute atomic E-state index is 13.1. The summed E-state index contributed by atoms with van der Waals surface area (Å²) in [6, 6.07) is 15.5. The summed E-state index contributed by atoms with van der Waals surface area (Å²) in [5.74, 6) is 0.965. The van der Waals surface area contributed by atoms with Crippen molar-refractivity contribution in [3.8, 4) is 5.75 Å². The molecule has 168 valence electrons. The van der Waals surface area contributed by atoms with Gasteiger partial charge in [0.05, 0.1) is 7.11 Å². The van der Waals surface area contributed by atoms with Gasteiger partial charge in [-0.2, -0.15) is 0 Å². The van der Waals surface area contributed by atoms with E-state index in [1.165, 1.54) is 12.8 Å². The lowest BCUT2D eigenvalue weighted by atomic mass is 10.0. The van der Waals surface area contributed by atoms with Gasteiger partial charge in [-0.1, -0.05) is 48.3 Å². The van der Waals surface area contributed by atoms with Crippen LogP contribution in [0.4, 0.5) is 6.01 Å². The van der Waals surface area contributed by atoms with Gasteiger partial charge in [-0.25, -0.2) is 0 Å².